The van der Waals surface area contributed by atoms with Crippen LogP contribution in [-0.2, 0) is 16.1 Å². The Morgan fingerprint density at radius 1 is 1.21 bits per heavy atom. The highest BCUT2D eigenvalue weighted by molar-refractivity contribution is 5.76. The number of ether oxygens (including phenoxy) is 1. The normalized spacial score (nSPS) is 19.9. The lowest BCUT2D eigenvalue weighted by molar-refractivity contribution is -0.136. The van der Waals surface area contributed by atoms with E-state index in [0.717, 1.165) is 51.1 Å². The van der Waals surface area contributed by atoms with Gasteiger partial charge < -0.3 is 9.64 Å². The molecular weight excluding hydrogens is 302 g/mol. The molecule has 0 radical (unpaired) electrons. The van der Waals surface area contributed by atoms with Crippen molar-refractivity contribution in [2.75, 3.05) is 39.4 Å². The molecule has 0 spiro atoms. The van der Waals surface area contributed by atoms with Crippen molar-refractivity contribution >= 4 is 5.91 Å². The number of likely N-dealkylation sites (tertiary alicyclic amines) is 1. The van der Waals surface area contributed by atoms with Gasteiger partial charge in [-0.1, -0.05) is 12.1 Å². The minimum Gasteiger partial charge on any atom is -0.378 e. The van der Waals surface area contributed by atoms with E-state index in [4.69, 9.17) is 10.00 Å². The summed E-state index contributed by atoms with van der Waals surface area (Å²) in [4.78, 5) is 16.7. The van der Waals surface area contributed by atoms with Crippen LogP contribution in [0.3, 0.4) is 0 Å². The van der Waals surface area contributed by atoms with Crippen LogP contribution in [0.2, 0.25) is 0 Å². The topological polar surface area (TPSA) is 56.6 Å². The van der Waals surface area contributed by atoms with Gasteiger partial charge in [0.25, 0.3) is 0 Å². The van der Waals surface area contributed by atoms with Crippen molar-refractivity contribution < 1.29 is 9.53 Å². The minimum atomic E-state index is 0.290. The third-order valence-corrected chi connectivity index (χ3v) is 5.00. The summed E-state index contributed by atoms with van der Waals surface area (Å²) in [6, 6.07) is 10.0. The maximum Gasteiger partial charge on any atom is 0.223 e. The number of benzene rings is 1. The predicted molar refractivity (Wildman–Crippen MR) is 91.2 cm³/mol. The zero-order valence-electron chi connectivity index (χ0n) is 14.1. The summed E-state index contributed by atoms with van der Waals surface area (Å²) in [5.41, 5.74) is 1.91. The average Bonchev–Trinajstić information content (AvgIpc) is 2.64. The van der Waals surface area contributed by atoms with E-state index in [9.17, 15) is 4.79 Å². The molecule has 24 heavy (non-hydrogen) atoms. The molecule has 1 aromatic rings. The van der Waals surface area contributed by atoms with Crippen LogP contribution in [-0.4, -0.2) is 55.1 Å². The molecule has 5 heteroatoms. The van der Waals surface area contributed by atoms with E-state index in [1.165, 1.54) is 5.56 Å². The Morgan fingerprint density at radius 2 is 1.96 bits per heavy atom. The van der Waals surface area contributed by atoms with Crippen LogP contribution >= 0.6 is 0 Å². The van der Waals surface area contributed by atoms with E-state index in [0.29, 0.717) is 31.5 Å². The van der Waals surface area contributed by atoms with Crippen molar-refractivity contribution in [3.63, 3.8) is 0 Å². The second-order valence-electron chi connectivity index (χ2n) is 6.73. The largest absolute Gasteiger partial charge is 0.378 e. The molecular formula is C19H25N3O2. The molecule has 2 heterocycles. The summed E-state index contributed by atoms with van der Waals surface area (Å²) in [7, 11) is 0. The monoisotopic (exact) mass is 327 g/mol. The van der Waals surface area contributed by atoms with Gasteiger partial charge in [0.15, 0.2) is 0 Å². The predicted octanol–water partition coefficient (Wildman–Crippen LogP) is 2.02. The van der Waals surface area contributed by atoms with Crippen LogP contribution in [0.5, 0.6) is 0 Å². The lowest BCUT2D eigenvalue weighted by Gasteiger charge is -2.33. The fraction of sp³-hybridized carbons (Fsp3) is 0.579. The van der Waals surface area contributed by atoms with Crippen LogP contribution in [0, 0.1) is 17.2 Å². The van der Waals surface area contributed by atoms with Crippen molar-refractivity contribution in [3.8, 4) is 6.07 Å². The summed E-state index contributed by atoms with van der Waals surface area (Å²) in [5.74, 6) is 0.792. The summed E-state index contributed by atoms with van der Waals surface area (Å²) >= 11 is 0. The zero-order chi connectivity index (χ0) is 16.8. The third-order valence-electron chi connectivity index (χ3n) is 5.00. The van der Waals surface area contributed by atoms with Crippen LogP contribution in [0.15, 0.2) is 24.3 Å². The quantitative estimate of drug-likeness (QED) is 0.849. The smallest absolute Gasteiger partial charge is 0.223 e. The van der Waals surface area contributed by atoms with E-state index in [1.54, 1.807) is 0 Å². The molecule has 2 aliphatic heterocycles. The first kappa shape index (κ1) is 16.9. The summed E-state index contributed by atoms with van der Waals surface area (Å²) in [6.07, 6.45) is 2.83. The SMILES string of the molecule is N#Cc1cccc(CN2CCC(CC(=O)N3CCOCC3)CC2)c1. The number of hydrogen-bond acceptors (Lipinski definition) is 4. The Balaban J connectivity index is 1.43. The fourth-order valence-electron chi connectivity index (χ4n) is 3.53. The van der Waals surface area contributed by atoms with Crippen molar-refractivity contribution in [1.29, 1.82) is 5.26 Å². The van der Waals surface area contributed by atoms with Crippen molar-refractivity contribution in [2.24, 2.45) is 5.92 Å². The van der Waals surface area contributed by atoms with Gasteiger partial charge >= 0.3 is 0 Å². The second-order valence-corrected chi connectivity index (χ2v) is 6.73. The first-order chi connectivity index (χ1) is 11.7. The first-order valence-electron chi connectivity index (χ1n) is 8.81. The number of morpholine rings is 1. The molecule has 5 nitrogen and oxygen atoms in total. The van der Waals surface area contributed by atoms with Gasteiger partial charge in [-0.15, -0.1) is 0 Å². The number of piperidine rings is 1. The average molecular weight is 327 g/mol. The molecule has 3 rings (SSSR count). The zero-order valence-corrected chi connectivity index (χ0v) is 14.1. The van der Waals surface area contributed by atoms with Crippen LogP contribution in [0.25, 0.3) is 0 Å². The van der Waals surface area contributed by atoms with Gasteiger partial charge in [0.05, 0.1) is 24.8 Å². The highest BCUT2D eigenvalue weighted by Crippen LogP contribution is 2.23. The summed E-state index contributed by atoms with van der Waals surface area (Å²) in [5, 5.41) is 8.99. The Kier molecular flexibility index (Phi) is 5.84. The third kappa shape index (κ3) is 4.56. The van der Waals surface area contributed by atoms with Gasteiger partial charge in [0.1, 0.15) is 0 Å². The number of carbonyl (C=O) groups is 1. The van der Waals surface area contributed by atoms with Gasteiger partial charge in [0, 0.05) is 26.1 Å². The molecule has 128 valence electrons. The Morgan fingerprint density at radius 3 is 2.67 bits per heavy atom. The van der Waals surface area contributed by atoms with Crippen molar-refractivity contribution in [3.05, 3.63) is 35.4 Å². The molecule has 2 aliphatic rings. The Bertz CT molecular complexity index is 597. The maximum atomic E-state index is 12.3. The van der Waals surface area contributed by atoms with Crippen LogP contribution in [0.4, 0.5) is 0 Å². The van der Waals surface area contributed by atoms with Gasteiger partial charge in [-0.05, 0) is 49.5 Å². The lowest BCUT2D eigenvalue weighted by atomic mass is 9.92. The Labute approximate surface area is 143 Å². The first-order valence-corrected chi connectivity index (χ1v) is 8.81. The van der Waals surface area contributed by atoms with Crippen molar-refractivity contribution in [1.82, 2.24) is 9.80 Å². The van der Waals surface area contributed by atoms with E-state index < -0.39 is 0 Å². The minimum absolute atomic E-state index is 0.290. The van der Waals surface area contributed by atoms with Crippen LogP contribution in [0.1, 0.15) is 30.4 Å². The molecule has 0 N–H and O–H groups in total. The number of amides is 1. The highest BCUT2D eigenvalue weighted by Gasteiger charge is 2.24. The van der Waals surface area contributed by atoms with Gasteiger partial charge in [0.2, 0.25) is 5.91 Å². The fourth-order valence-corrected chi connectivity index (χ4v) is 3.53. The number of carbonyl (C=O) groups excluding carboxylic acids is 1. The van der Waals surface area contributed by atoms with Crippen molar-refractivity contribution in [2.45, 2.75) is 25.8 Å². The van der Waals surface area contributed by atoms with E-state index >= 15 is 0 Å². The molecule has 0 aromatic heterocycles. The molecule has 0 unspecified atom stereocenters. The molecule has 0 aliphatic carbocycles. The highest BCUT2D eigenvalue weighted by atomic mass is 16.5. The number of nitriles is 1. The number of hydrogen-bond donors (Lipinski definition) is 0. The van der Waals surface area contributed by atoms with Gasteiger partial charge in [-0.2, -0.15) is 5.26 Å². The maximum absolute atomic E-state index is 12.3. The van der Waals surface area contributed by atoms with Crippen LogP contribution < -0.4 is 0 Å². The Hall–Kier alpha value is -1.90. The van der Waals surface area contributed by atoms with Gasteiger partial charge in [-0.3, -0.25) is 9.69 Å². The lowest BCUT2D eigenvalue weighted by Crippen LogP contribution is -2.42. The molecule has 1 aromatic carbocycles. The molecule has 0 atom stereocenters. The second kappa shape index (κ2) is 8.27. The molecule has 1 amide bonds. The number of rotatable bonds is 4. The molecule has 2 fully saturated rings. The van der Waals surface area contributed by atoms with Gasteiger partial charge in [-0.25, -0.2) is 0 Å². The standard InChI is InChI=1S/C19H25N3O2/c20-14-17-2-1-3-18(12-17)15-21-6-4-16(5-7-21)13-19(23)22-8-10-24-11-9-22/h1-3,12,16H,4-11,13,15H2. The molecule has 2 saturated heterocycles. The summed E-state index contributed by atoms with van der Waals surface area (Å²) < 4.78 is 5.31. The number of nitrogens with zero attached hydrogens (tertiary/aromatic N) is 3. The summed E-state index contributed by atoms with van der Waals surface area (Å²) in [6.45, 7) is 5.77. The van der Waals surface area contributed by atoms with E-state index in [-0.39, 0.29) is 0 Å². The molecule has 0 bridgehead atoms. The van der Waals surface area contributed by atoms with E-state index in [2.05, 4.69) is 17.0 Å². The molecule has 0 saturated carbocycles. The van der Waals surface area contributed by atoms with E-state index in [1.807, 2.05) is 23.1 Å².